The van der Waals surface area contributed by atoms with Gasteiger partial charge < -0.3 is 15.2 Å². The minimum atomic E-state index is -0.457. The summed E-state index contributed by atoms with van der Waals surface area (Å²) < 4.78 is 5.03. The first-order chi connectivity index (χ1) is 8.04. The molecule has 1 aromatic carbocycles. The highest BCUT2D eigenvalue weighted by molar-refractivity contribution is 5.99. The van der Waals surface area contributed by atoms with Crippen molar-refractivity contribution in [1.82, 2.24) is 5.32 Å². The molecule has 0 amide bonds. The summed E-state index contributed by atoms with van der Waals surface area (Å²) in [6, 6.07) is 6.69. The average Bonchev–Trinajstić information content (AvgIpc) is 2.35. The molecule has 1 rings (SSSR count). The van der Waals surface area contributed by atoms with Crippen LogP contribution in [-0.2, 0) is 0 Å². The number of hydrogen-bond acceptors (Lipinski definition) is 4. The second kappa shape index (κ2) is 6.37. The quantitative estimate of drug-likeness (QED) is 0.731. The highest BCUT2D eigenvalue weighted by Gasteiger charge is 2.14. The Morgan fingerprint density at radius 2 is 1.94 bits per heavy atom. The van der Waals surface area contributed by atoms with Crippen LogP contribution in [0.5, 0.6) is 5.75 Å². The number of methoxy groups -OCH3 is 1. The number of ether oxygens (including phenoxy) is 1. The molecule has 0 saturated heterocycles. The van der Waals surface area contributed by atoms with E-state index in [1.54, 1.807) is 45.2 Å². The van der Waals surface area contributed by atoms with E-state index in [1.165, 1.54) is 0 Å². The normalized spacial score (nSPS) is 14.1. The lowest BCUT2D eigenvalue weighted by Gasteiger charge is -2.14. The fourth-order valence-electron chi connectivity index (χ4n) is 1.45. The summed E-state index contributed by atoms with van der Waals surface area (Å²) in [7, 11) is 1.59. The molecule has 0 saturated carbocycles. The lowest BCUT2D eigenvalue weighted by molar-refractivity contribution is 0.0941. The van der Waals surface area contributed by atoms with E-state index in [9.17, 15) is 4.79 Å². The van der Waals surface area contributed by atoms with Crippen LogP contribution in [0.15, 0.2) is 24.3 Å². The second-order valence-corrected chi connectivity index (χ2v) is 4.07. The van der Waals surface area contributed by atoms with Crippen LogP contribution in [0.2, 0.25) is 0 Å². The van der Waals surface area contributed by atoms with Crippen LogP contribution in [0.3, 0.4) is 0 Å². The predicted octanol–water partition coefficient (Wildman–Crippen LogP) is 1.24. The fourth-order valence-corrected chi connectivity index (χ4v) is 1.45. The smallest absolute Gasteiger partial charge is 0.179 e. The molecule has 0 radical (unpaired) electrons. The van der Waals surface area contributed by atoms with Crippen molar-refractivity contribution in [2.45, 2.75) is 26.0 Å². The third kappa shape index (κ3) is 4.17. The Kier molecular flexibility index (Phi) is 5.12. The summed E-state index contributed by atoms with van der Waals surface area (Å²) in [6.45, 7) is 3.87. The van der Waals surface area contributed by atoms with E-state index in [2.05, 4.69) is 5.32 Å². The molecule has 0 bridgehead atoms. The van der Waals surface area contributed by atoms with Crippen LogP contribution in [0.25, 0.3) is 0 Å². The van der Waals surface area contributed by atoms with Gasteiger partial charge in [0.25, 0.3) is 0 Å². The molecule has 0 aliphatic rings. The Morgan fingerprint density at radius 3 is 2.41 bits per heavy atom. The number of ketones is 1. The van der Waals surface area contributed by atoms with Gasteiger partial charge in [0, 0.05) is 12.1 Å². The van der Waals surface area contributed by atoms with Gasteiger partial charge in [-0.3, -0.25) is 4.79 Å². The Morgan fingerprint density at radius 1 is 1.35 bits per heavy atom. The molecular weight excluding hydrogens is 218 g/mol. The summed E-state index contributed by atoms with van der Waals surface area (Å²) in [6.07, 6.45) is -0.457. The van der Waals surface area contributed by atoms with E-state index in [1.807, 2.05) is 0 Å². The summed E-state index contributed by atoms with van der Waals surface area (Å²) in [5, 5.41) is 12.1. The molecule has 0 aliphatic heterocycles. The first-order valence-electron chi connectivity index (χ1n) is 5.64. The molecule has 94 valence electrons. The summed E-state index contributed by atoms with van der Waals surface area (Å²) in [5.41, 5.74) is 0.636. The molecule has 0 aliphatic carbocycles. The summed E-state index contributed by atoms with van der Waals surface area (Å²) in [5.74, 6) is 0.736. The average molecular weight is 237 g/mol. The van der Waals surface area contributed by atoms with Crippen LogP contribution in [0.1, 0.15) is 24.2 Å². The largest absolute Gasteiger partial charge is 0.497 e. The number of carbonyl (C=O) groups excluding carboxylic acids is 1. The molecule has 1 aromatic rings. The van der Waals surface area contributed by atoms with Crippen LogP contribution in [0.4, 0.5) is 0 Å². The van der Waals surface area contributed by atoms with Crippen molar-refractivity contribution in [3.8, 4) is 5.75 Å². The monoisotopic (exact) mass is 237 g/mol. The first-order valence-corrected chi connectivity index (χ1v) is 5.64. The zero-order chi connectivity index (χ0) is 12.8. The lowest BCUT2D eigenvalue weighted by atomic mass is 10.1. The number of nitrogens with one attached hydrogen (secondary N) is 1. The number of rotatable bonds is 6. The topological polar surface area (TPSA) is 58.6 Å². The van der Waals surface area contributed by atoms with Gasteiger partial charge in [-0.2, -0.15) is 0 Å². The zero-order valence-corrected chi connectivity index (χ0v) is 10.4. The minimum Gasteiger partial charge on any atom is -0.497 e. The second-order valence-electron chi connectivity index (χ2n) is 4.07. The van der Waals surface area contributed by atoms with Gasteiger partial charge in [-0.05, 0) is 38.1 Å². The van der Waals surface area contributed by atoms with Gasteiger partial charge in [0.05, 0.1) is 19.3 Å². The minimum absolute atomic E-state index is 0.00769. The van der Waals surface area contributed by atoms with E-state index in [0.29, 0.717) is 12.1 Å². The number of benzene rings is 1. The summed E-state index contributed by atoms with van der Waals surface area (Å²) in [4.78, 5) is 12.0. The lowest BCUT2D eigenvalue weighted by Crippen LogP contribution is -2.38. The molecule has 4 nitrogen and oxygen atoms in total. The Hall–Kier alpha value is -1.39. The molecule has 0 heterocycles. The molecule has 2 N–H and O–H groups in total. The van der Waals surface area contributed by atoms with Crippen molar-refractivity contribution in [3.05, 3.63) is 29.8 Å². The maximum atomic E-state index is 12.0. The maximum absolute atomic E-state index is 12.0. The van der Waals surface area contributed by atoms with Crippen molar-refractivity contribution < 1.29 is 14.6 Å². The molecule has 0 fully saturated rings. The van der Waals surface area contributed by atoms with Gasteiger partial charge in [-0.15, -0.1) is 0 Å². The Labute approximate surface area is 102 Å². The predicted molar refractivity (Wildman–Crippen MR) is 66.5 cm³/mol. The van der Waals surface area contributed by atoms with E-state index < -0.39 is 6.10 Å². The number of carbonyl (C=O) groups is 1. The van der Waals surface area contributed by atoms with Crippen molar-refractivity contribution >= 4 is 5.78 Å². The highest BCUT2D eigenvalue weighted by atomic mass is 16.5. The molecule has 0 spiro atoms. The van der Waals surface area contributed by atoms with Crippen molar-refractivity contribution in [1.29, 1.82) is 0 Å². The van der Waals surface area contributed by atoms with E-state index in [4.69, 9.17) is 9.84 Å². The van der Waals surface area contributed by atoms with Gasteiger partial charge in [-0.25, -0.2) is 0 Å². The van der Waals surface area contributed by atoms with Crippen molar-refractivity contribution in [2.24, 2.45) is 0 Å². The van der Waals surface area contributed by atoms with Crippen LogP contribution in [0, 0.1) is 0 Å². The van der Waals surface area contributed by atoms with Crippen LogP contribution in [-0.4, -0.2) is 36.7 Å². The SMILES string of the molecule is COc1ccc(C(=O)C(C)NCC(C)O)cc1. The van der Waals surface area contributed by atoms with Crippen molar-refractivity contribution in [3.63, 3.8) is 0 Å². The number of aliphatic hydroxyl groups excluding tert-OH is 1. The molecule has 2 unspecified atom stereocenters. The van der Waals surface area contributed by atoms with Gasteiger partial charge in [0.15, 0.2) is 5.78 Å². The van der Waals surface area contributed by atoms with Crippen LogP contribution >= 0.6 is 0 Å². The van der Waals surface area contributed by atoms with Gasteiger partial charge in [0.1, 0.15) is 5.75 Å². The standard InChI is InChI=1S/C13H19NO3/c1-9(15)8-14-10(2)13(16)11-4-6-12(17-3)7-5-11/h4-7,9-10,14-15H,8H2,1-3H3. The summed E-state index contributed by atoms with van der Waals surface area (Å²) >= 11 is 0. The fraction of sp³-hybridized carbons (Fsp3) is 0.462. The van der Waals surface area contributed by atoms with E-state index >= 15 is 0 Å². The zero-order valence-electron chi connectivity index (χ0n) is 10.4. The van der Waals surface area contributed by atoms with Gasteiger partial charge in [0.2, 0.25) is 0 Å². The molecule has 17 heavy (non-hydrogen) atoms. The van der Waals surface area contributed by atoms with Crippen molar-refractivity contribution in [2.75, 3.05) is 13.7 Å². The van der Waals surface area contributed by atoms with E-state index in [0.717, 1.165) is 5.75 Å². The Balaban J connectivity index is 2.61. The Bertz CT molecular complexity index is 359. The molecule has 0 aromatic heterocycles. The first kappa shape index (κ1) is 13.7. The van der Waals surface area contributed by atoms with Gasteiger partial charge >= 0.3 is 0 Å². The van der Waals surface area contributed by atoms with E-state index in [-0.39, 0.29) is 11.8 Å². The molecule has 4 heteroatoms. The third-order valence-electron chi connectivity index (χ3n) is 2.49. The molecular formula is C13H19NO3. The molecule has 2 atom stereocenters. The number of aliphatic hydroxyl groups is 1. The van der Waals surface area contributed by atoms with Gasteiger partial charge in [-0.1, -0.05) is 0 Å². The highest BCUT2D eigenvalue weighted by Crippen LogP contribution is 2.12. The number of Topliss-reactive ketones (excluding diaryl/α,β-unsaturated/α-hetero) is 1. The number of hydrogen-bond donors (Lipinski definition) is 2. The maximum Gasteiger partial charge on any atom is 0.179 e. The van der Waals surface area contributed by atoms with Crippen LogP contribution < -0.4 is 10.1 Å². The third-order valence-corrected chi connectivity index (χ3v) is 2.49.